The van der Waals surface area contributed by atoms with Crippen LogP contribution in [0, 0.1) is 20.2 Å². The average Bonchev–Trinajstić information content (AvgIpc) is 2.39. The molecule has 0 unspecified atom stereocenters. The molecule has 18 heavy (non-hydrogen) atoms. The van der Waals surface area contributed by atoms with Gasteiger partial charge in [0.05, 0.1) is 20.0 Å². The van der Waals surface area contributed by atoms with E-state index in [9.17, 15) is 20.2 Å². The fourth-order valence-corrected chi connectivity index (χ4v) is 0.927. The van der Waals surface area contributed by atoms with E-state index in [0.29, 0.717) is 0 Å². The molecule has 94 valence electrons. The number of hydrogen-bond acceptors (Lipinski definition) is 6. The van der Waals surface area contributed by atoms with Gasteiger partial charge in [0, 0.05) is 12.3 Å². The van der Waals surface area contributed by atoms with Crippen LogP contribution in [0.25, 0.3) is 0 Å². The Bertz CT molecular complexity index is 660. The monoisotopic (exact) mass is 253 g/mol. The lowest BCUT2D eigenvalue weighted by atomic mass is 10.2. The summed E-state index contributed by atoms with van der Waals surface area (Å²) in [5, 5.41) is 25.3. The van der Waals surface area contributed by atoms with Gasteiger partial charge in [-0.05, 0) is 19.0 Å². The average molecular weight is 253 g/mol. The number of nitrogens with one attached hydrogen (secondary N) is 1. The van der Waals surface area contributed by atoms with Gasteiger partial charge in [0.2, 0.25) is 0 Å². The molecule has 1 N–H and O–H groups in total. The van der Waals surface area contributed by atoms with Crippen molar-refractivity contribution < 1.29 is 14.0 Å². The molecule has 0 spiro atoms. The molecule has 0 radical (unpaired) electrons. The maximum absolute atomic E-state index is 11.0. The first-order valence-electron chi connectivity index (χ1n) is 6.15. The third-order valence-corrected chi connectivity index (χ3v) is 1.67. The number of nitro benzene ring substituents is 2. The molecule has 0 atom stereocenters. The van der Waals surface area contributed by atoms with E-state index in [0.717, 1.165) is 0 Å². The highest BCUT2D eigenvalue weighted by atomic mass is 16.6. The molecule has 0 amide bonds. The van der Waals surface area contributed by atoms with E-state index in [4.69, 9.17) is 4.11 Å². The maximum atomic E-state index is 11.0. The molecule has 1 aromatic rings. The smallest absolute Gasteiger partial charge is 0.272 e. The first kappa shape index (κ1) is 9.28. The minimum atomic E-state index is -1.09. The van der Waals surface area contributed by atoms with Crippen molar-refractivity contribution in [1.82, 2.24) is 0 Å². The Balaban J connectivity index is 3.56. The third-order valence-electron chi connectivity index (χ3n) is 1.67. The van der Waals surface area contributed by atoms with Gasteiger partial charge in [0.25, 0.3) is 5.69 Å². The summed E-state index contributed by atoms with van der Waals surface area (Å²) in [7, 11) is 0. The SMILES string of the molecule is [2H]c1c([2H])c([N+](=O)[O-])c([2H])c([N+](=O)[O-])c1NN=CC=CC. The van der Waals surface area contributed by atoms with E-state index in [2.05, 4.69) is 10.5 Å². The van der Waals surface area contributed by atoms with E-state index in [-0.39, 0.29) is 0 Å². The maximum Gasteiger partial charge on any atom is 0.301 e. The summed E-state index contributed by atoms with van der Waals surface area (Å²) >= 11 is 0. The molecule has 0 aliphatic heterocycles. The molecule has 0 aliphatic rings. The summed E-state index contributed by atoms with van der Waals surface area (Å²) in [6, 6.07) is -2.71. The quantitative estimate of drug-likeness (QED) is 0.492. The van der Waals surface area contributed by atoms with Crippen molar-refractivity contribution in [3.8, 4) is 0 Å². The Morgan fingerprint density at radius 2 is 2.11 bits per heavy atom. The summed E-state index contributed by atoms with van der Waals surface area (Å²) in [6.07, 6.45) is 4.36. The van der Waals surface area contributed by atoms with Crippen molar-refractivity contribution in [2.24, 2.45) is 5.10 Å². The number of benzene rings is 1. The largest absolute Gasteiger partial charge is 0.301 e. The van der Waals surface area contributed by atoms with Crippen molar-refractivity contribution in [3.05, 3.63) is 50.5 Å². The van der Waals surface area contributed by atoms with E-state index >= 15 is 0 Å². The molecule has 1 rings (SSSR count). The molecule has 0 aliphatic carbocycles. The van der Waals surface area contributed by atoms with Gasteiger partial charge in [0.15, 0.2) is 0 Å². The minimum Gasteiger partial charge on any atom is -0.272 e. The predicted octanol–water partition coefficient (Wildman–Crippen LogP) is 2.48. The van der Waals surface area contributed by atoms with Crippen LogP contribution in [0.3, 0.4) is 0 Å². The van der Waals surface area contributed by atoms with Crippen molar-refractivity contribution in [2.45, 2.75) is 6.92 Å². The molecule has 0 aromatic heterocycles. The van der Waals surface area contributed by atoms with Crippen LogP contribution >= 0.6 is 0 Å². The fourth-order valence-electron chi connectivity index (χ4n) is 0.927. The number of hydrazone groups is 1. The van der Waals surface area contributed by atoms with Gasteiger partial charge in [-0.3, -0.25) is 25.7 Å². The van der Waals surface area contributed by atoms with Crippen LogP contribution in [-0.2, 0) is 0 Å². The van der Waals surface area contributed by atoms with E-state index in [1.165, 1.54) is 12.3 Å². The zero-order valence-corrected chi connectivity index (χ0v) is 9.21. The zero-order chi connectivity index (χ0) is 16.2. The van der Waals surface area contributed by atoms with E-state index < -0.39 is 45.0 Å². The van der Waals surface area contributed by atoms with Crippen molar-refractivity contribution >= 4 is 23.3 Å². The normalized spacial score (nSPS) is 13.3. The minimum absolute atomic E-state index is 0.540. The number of nitrogens with zero attached hydrogens (tertiary/aromatic N) is 3. The summed E-state index contributed by atoms with van der Waals surface area (Å²) in [5.74, 6) is 0. The second-order valence-corrected chi connectivity index (χ2v) is 2.88. The molecule has 0 fully saturated rings. The highest BCUT2D eigenvalue weighted by Gasteiger charge is 2.18. The molecule has 0 saturated heterocycles. The lowest BCUT2D eigenvalue weighted by molar-refractivity contribution is -0.393. The summed E-state index contributed by atoms with van der Waals surface area (Å²) < 4.78 is 22.6. The highest BCUT2D eigenvalue weighted by Crippen LogP contribution is 2.28. The molecular weight excluding hydrogens is 240 g/mol. The van der Waals surface area contributed by atoms with E-state index in [1.54, 1.807) is 13.0 Å². The van der Waals surface area contributed by atoms with Crippen LogP contribution in [0.5, 0.6) is 0 Å². The van der Waals surface area contributed by atoms with Crippen LogP contribution in [-0.4, -0.2) is 16.1 Å². The van der Waals surface area contributed by atoms with Gasteiger partial charge >= 0.3 is 5.69 Å². The van der Waals surface area contributed by atoms with Gasteiger partial charge in [0.1, 0.15) is 5.69 Å². The highest BCUT2D eigenvalue weighted by molar-refractivity contribution is 5.73. The van der Waals surface area contributed by atoms with Crippen LogP contribution in [0.1, 0.15) is 11.0 Å². The second-order valence-electron chi connectivity index (χ2n) is 2.88. The Labute approximate surface area is 106 Å². The Kier molecular flexibility index (Phi) is 3.14. The third kappa shape index (κ3) is 3.37. The van der Waals surface area contributed by atoms with Crippen LogP contribution in [0.15, 0.2) is 35.4 Å². The number of hydrogen-bond donors (Lipinski definition) is 1. The standard InChI is InChI=1S/C10H10N4O4/c1-2-3-6-11-12-9-5-4-8(13(15)16)7-10(9)14(17)18/h2-7,12H,1H3/i4D,5D,7D. The molecule has 0 saturated carbocycles. The van der Waals surface area contributed by atoms with Gasteiger partial charge in [-0.25, -0.2) is 0 Å². The van der Waals surface area contributed by atoms with Gasteiger partial charge in [-0.2, -0.15) is 5.10 Å². The number of anilines is 1. The Hall–Kier alpha value is -2.77. The Morgan fingerprint density at radius 1 is 1.39 bits per heavy atom. The lowest BCUT2D eigenvalue weighted by Crippen LogP contribution is -1.98. The summed E-state index contributed by atoms with van der Waals surface area (Å²) in [6.45, 7) is 1.71. The molecule has 8 nitrogen and oxygen atoms in total. The fraction of sp³-hybridized carbons (Fsp3) is 0.100. The number of allylic oxidation sites excluding steroid dienone is 2. The second kappa shape index (κ2) is 6.09. The lowest BCUT2D eigenvalue weighted by Gasteiger charge is -2.01. The molecule has 8 heteroatoms. The summed E-state index contributed by atoms with van der Waals surface area (Å²) in [4.78, 5) is 19.6. The van der Waals surface area contributed by atoms with Gasteiger partial charge < -0.3 is 0 Å². The first-order valence-corrected chi connectivity index (χ1v) is 4.65. The molecule has 0 bridgehead atoms. The number of rotatable bonds is 5. The van der Waals surface area contributed by atoms with Crippen molar-refractivity contribution in [3.63, 3.8) is 0 Å². The topological polar surface area (TPSA) is 111 Å². The first-order chi connectivity index (χ1) is 9.82. The summed E-state index contributed by atoms with van der Waals surface area (Å²) in [5.41, 5.74) is -0.429. The van der Waals surface area contributed by atoms with Crippen molar-refractivity contribution in [1.29, 1.82) is 0 Å². The van der Waals surface area contributed by atoms with Crippen LogP contribution in [0.2, 0.25) is 0 Å². The molecule has 0 heterocycles. The van der Waals surface area contributed by atoms with Gasteiger partial charge in [-0.15, -0.1) is 0 Å². The Morgan fingerprint density at radius 3 is 2.67 bits per heavy atom. The van der Waals surface area contributed by atoms with Crippen LogP contribution < -0.4 is 5.43 Å². The van der Waals surface area contributed by atoms with Gasteiger partial charge in [-0.1, -0.05) is 6.08 Å². The van der Waals surface area contributed by atoms with Crippen molar-refractivity contribution in [2.75, 3.05) is 5.43 Å². The van der Waals surface area contributed by atoms with Crippen LogP contribution in [0.4, 0.5) is 17.1 Å². The van der Waals surface area contributed by atoms with E-state index in [1.807, 2.05) is 0 Å². The molecule has 1 aromatic carbocycles. The number of nitro groups is 2. The molecular formula is C10H10N4O4. The predicted molar refractivity (Wildman–Crippen MR) is 66.7 cm³/mol. The zero-order valence-electron chi connectivity index (χ0n) is 12.2.